The third-order valence-corrected chi connectivity index (χ3v) is 4.67. The predicted octanol–water partition coefficient (Wildman–Crippen LogP) is 2.84. The van der Waals surface area contributed by atoms with Crippen LogP contribution < -0.4 is 0 Å². The summed E-state index contributed by atoms with van der Waals surface area (Å²) in [7, 11) is 2.18. The van der Waals surface area contributed by atoms with Gasteiger partial charge in [-0.3, -0.25) is 4.79 Å². The average molecular weight is 243 g/mol. The minimum absolute atomic E-state index is 0.236. The average Bonchev–Trinajstić information content (AvgIpc) is 2.60. The Morgan fingerprint density at radius 3 is 2.72 bits per heavy atom. The van der Waals surface area contributed by atoms with Gasteiger partial charge in [0.15, 0.2) is 0 Å². The third kappa shape index (κ3) is 1.99. The maximum Gasteiger partial charge on any atom is 0.138 e. The lowest BCUT2D eigenvalue weighted by Crippen LogP contribution is -2.32. The quantitative estimate of drug-likeness (QED) is 0.756. The lowest BCUT2D eigenvalue weighted by molar-refractivity contribution is -0.123. The van der Waals surface area contributed by atoms with Crippen LogP contribution >= 0.6 is 0 Å². The van der Waals surface area contributed by atoms with Crippen molar-refractivity contribution in [3.63, 3.8) is 0 Å². The highest BCUT2D eigenvalue weighted by atomic mass is 16.1. The van der Waals surface area contributed by atoms with Crippen molar-refractivity contribution in [2.24, 2.45) is 5.92 Å². The van der Waals surface area contributed by atoms with E-state index in [-0.39, 0.29) is 5.92 Å². The van der Waals surface area contributed by atoms with E-state index in [1.54, 1.807) is 0 Å². The normalized spacial score (nSPS) is 33.2. The van der Waals surface area contributed by atoms with Gasteiger partial charge in [-0.1, -0.05) is 36.8 Å². The highest BCUT2D eigenvalue weighted by Gasteiger charge is 2.44. The van der Waals surface area contributed by atoms with Crippen molar-refractivity contribution in [3.8, 4) is 0 Å². The monoisotopic (exact) mass is 243 g/mol. The molecule has 3 rings (SSSR count). The zero-order valence-corrected chi connectivity index (χ0v) is 11.0. The van der Waals surface area contributed by atoms with Gasteiger partial charge in [-0.25, -0.2) is 0 Å². The first-order valence-corrected chi connectivity index (χ1v) is 7.05. The number of nitrogens with zero attached hydrogens (tertiary/aromatic N) is 1. The smallest absolute Gasteiger partial charge is 0.138 e. The van der Waals surface area contributed by atoms with Gasteiger partial charge in [-0.2, -0.15) is 0 Å². The Kier molecular flexibility index (Phi) is 3.21. The predicted molar refractivity (Wildman–Crippen MR) is 72.6 cm³/mol. The fourth-order valence-electron chi connectivity index (χ4n) is 3.77. The van der Waals surface area contributed by atoms with E-state index in [1.165, 1.54) is 18.4 Å². The Bertz CT molecular complexity index is 428. The van der Waals surface area contributed by atoms with Crippen LogP contribution in [0.25, 0.3) is 0 Å². The standard InChI is InChI=1S/C16H21NO/c1-17-11-13(12-7-3-2-4-8-12)16-14(17)9-5-6-10-15(16)18/h2-4,7-8,13-14,16H,5-6,9-11H2,1H3/t13-,14+,16-/m0/s1. The van der Waals surface area contributed by atoms with Crippen molar-refractivity contribution >= 4 is 5.78 Å². The van der Waals surface area contributed by atoms with Crippen LogP contribution in [0.3, 0.4) is 0 Å². The van der Waals surface area contributed by atoms with E-state index in [1.807, 2.05) is 0 Å². The maximum absolute atomic E-state index is 12.4. The summed E-state index contributed by atoms with van der Waals surface area (Å²) in [6.07, 6.45) is 4.27. The lowest BCUT2D eigenvalue weighted by atomic mass is 9.82. The molecule has 0 N–H and O–H groups in total. The molecule has 1 aromatic rings. The largest absolute Gasteiger partial charge is 0.302 e. The fraction of sp³-hybridized carbons (Fsp3) is 0.562. The van der Waals surface area contributed by atoms with Gasteiger partial charge in [0.2, 0.25) is 0 Å². The van der Waals surface area contributed by atoms with Gasteiger partial charge in [-0.05, 0) is 25.5 Å². The number of Topliss-reactive ketones (excluding diaryl/α,β-unsaturated/α-hetero) is 1. The summed E-state index contributed by atoms with van der Waals surface area (Å²) in [5.41, 5.74) is 1.34. The van der Waals surface area contributed by atoms with Crippen molar-refractivity contribution in [2.45, 2.75) is 37.6 Å². The third-order valence-electron chi connectivity index (χ3n) is 4.67. The summed E-state index contributed by atoms with van der Waals surface area (Å²) in [5.74, 6) is 1.14. The van der Waals surface area contributed by atoms with Gasteiger partial charge in [-0.15, -0.1) is 0 Å². The van der Waals surface area contributed by atoms with Crippen LogP contribution in [0.2, 0.25) is 0 Å². The number of ketones is 1. The molecule has 2 nitrogen and oxygen atoms in total. The molecule has 1 saturated heterocycles. The van der Waals surface area contributed by atoms with Crippen LogP contribution in [0, 0.1) is 5.92 Å². The van der Waals surface area contributed by atoms with E-state index in [9.17, 15) is 4.79 Å². The molecule has 0 aromatic heterocycles. The van der Waals surface area contributed by atoms with Crippen molar-refractivity contribution in [1.82, 2.24) is 4.90 Å². The van der Waals surface area contributed by atoms with Crippen molar-refractivity contribution in [1.29, 1.82) is 0 Å². The maximum atomic E-state index is 12.4. The topological polar surface area (TPSA) is 20.3 Å². The molecule has 1 saturated carbocycles. The van der Waals surface area contributed by atoms with E-state index in [0.717, 1.165) is 19.4 Å². The van der Waals surface area contributed by atoms with E-state index in [2.05, 4.69) is 42.3 Å². The van der Waals surface area contributed by atoms with E-state index >= 15 is 0 Å². The van der Waals surface area contributed by atoms with Gasteiger partial charge >= 0.3 is 0 Å². The van der Waals surface area contributed by atoms with Gasteiger partial charge in [0.1, 0.15) is 5.78 Å². The lowest BCUT2D eigenvalue weighted by Gasteiger charge is -2.23. The Labute approximate surface area is 109 Å². The molecule has 1 heterocycles. The van der Waals surface area contributed by atoms with Crippen molar-refractivity contribution in [2.75, 3.05) is 13.6 Å². The molecular weight excluding hydrogens is 222 g/mol. The number of hydrogen-bond donors (Lipinski definition) is 0. The first-order chi connectivity index (χ1) is 8.77. The molecule has 0 amide bonds. The fourth-order valence-corrected chi connectivity index (χ4v) is 3.77. The summed E-state index contributed by atoms with van der Waals surface area (Å²) in [6, 6.07) is 11.1. The number of likely N-dealkylation sites (N-methyl/N-ethyl adjacent to an activating group) is 1. The zero-order chi connectivity index (χ0) is 12.5. The first kappa shape index (κ1) is 11.9. The summed E-state index contributed by atoms with van der Waals surface area (Å²) < 4.78 is 0. The Balaban J connectivity index is 1.93. The number of rotatable bonds is 1. The molecule has 1 aliphatic carbocycles. The number of likely N-dealkylation sites (tertiary alicyclic amines) is 1. The molecule has 2 fully saturated rings. The molecular formula is C16H21NO. The van der Waals surface area contributed by atoms with E-state index in [0.29, 0.717) is 17.7 Å². The van der Waals surface area contributed by atoms with Gasteiger partial charge < -0.3 is 4.90 Å². The zero-order valence-electron chi connectivity index (χ0n) is 11.0. The second-order valence-electron chi connectivity index (χ2n) is 5.76. The molecule has 18 heavy (non-hydrogen) atoms. The summed E-state index contributed by atoms with van der Waals surface area (Å²) in [4.78, 5) is 14.8. The molecule has 2 aliphatic rings. The van der Waals surface area contributed by atoms with Crippen LogP contribution in [-0.2, 0) is 4.79 Å². The molecule has 3 atom stereocenters. The number of carbonyl (C=O) groups excluding carboxylic acids is 1. The number of carbonyl (C=O) groups is 1. The number of hydrogen-bond acceptors (Lipinski definition) is 2. The molecule has 1 aliphatic heterocycles. The van der Waals surface area contributed by atoms with Gasteiger partial charge in [0, 0.05) is 30.8 Å². The minimum Gasteiger partial charge on any atom is -0.302 e. The minimum atomic E-state index is 0.236. The second kappa shape index (κ2) is 4.85. The van der Waals surface area contributed by atoms with Crippen LogP contribution in [0.15, 0.2) is 30.3 Å². The van der Waals surface area contributed by atoms with Gasteiger partial charge in [0.05, 0.1) is 0 Å². The Hall–Kier alpha value is -1.15. The summed E-state index contributed by atoms with van der Waals surface area (Å²) in [5, 5.41) is 0. The number of benzene rings is 1. The van der Waals surface area contributed by atoms with Crippen LogP contribution in [0.5, 0.6) is 0 Å². The summed E-state index contributed by atoms with van der Waals surface area (Å²) in [6.45, 7) is 1.03. The van der Waals surface area contributed by atoms with E-state index in [4.69, 9.17) is 0 Å². The molecule has 0 spiro atoms. The highest BCUT2D eigenvalue weighted by molar-refractivity contribution is 5.83. The highest BCUT2D eigenvalue weighted by Crippen LogP contribution is 2.41. The SMILES string of the molecule is CN1C[C@@H](c2ccccc2)[C@@H]2C(=O)CCCC[C@H]21. The number of fused-ring (bicyclic) bond motifs is 1. The van der Waals surface area contributed by atoms with Crippen molar-refractivity contribution in [3.05, 3.63) is 35.9 Å². The van der Waals surface area contributed by atoms with Crippen LogP contribution in [0.4, 0.5) is 0 Å². The van der Waals surface area contributed by atoms with Crippen molar-refractivity contribution < 1.29 is 4.79 Å². The van der Waals surface area contributed by atoms with Crippen LogP contribution in [-0.4, -0.2) is 30.3 Å². The second-order valence-corrected chi connectivity index (χ2v) is 5.76. The molecule has 0 bridgehead atoms. The first-order valence-electron chi connectivity index (χ1n) is 7.05. The molecule has 1 aromatic carbocycles. The molecule has 0 radical (unpaired) electrons. The molecule has 96 valence electrons. The molecule has 0 unspecified atom stereocenters. The van der Waals surface area contributed by atoms with E-state index < -0.39 is 0 Å². The Morgan fingerprint density at radius 2 is 1.94 bits per heavy atom. The summed E-state index contributed by atoms with van der Waals surface area (Å²) >= 11 is 0. The van der Waals surface area contributed by atoms with Gasteiger partial charge in [0.25, 0.3) is 0 Å². The molecule has 2 heteroatoms. The Morgan fingerprint density at radius 1 is 1.17 bits per heavy atom. The van der Waals surface area contributed by atoms with Crippen LogP contribution in [0.1, 0.15) is 37.2 Å².